The van der Waals surface area contributed by atoms with Crippen LogP contribution < -0.4 is 10.6 Å². The van der Waals surface area contributed by atoms with Crippen molar-refractivity contribution in [3.05, 3.63) is 12.3 Å². The molecule has 0 aliphatic carbocycles. The fourth-order valence-corrected chi connectivity index (χ4v) is 2.04. The second-order valence-electron chi connectivity index (χ2n) is 4.49. The Morgan fingerprint density at radius 2 is 2.61 bits per heavy atom. The molecule has 1 saturated heterocycles. The number of piperidine rings is 1. The van der Waals surface area contributed by atoms with Gasteiger partial charge in [-0.1, -0.05) is 0 Å². The lowest BCUT2D eigenvalue weighted by atomic mass is 9.99. The van der Waals surface area contributed by atoms with Crippen LogP contribution in [0.3, 0.4) is 0 Å². The number of anilines is 1. The summed E-state index contributed by atoms with van der Waals surface area (Å²) in [6.45, 7) is 3.07. The van der Waals surface area contributed by atoms with Crippen molar-refractivity contribution in [3.8, 4) is 0 Å². The Morgan fingerprint density at radius 3 is 3.33 bits per heavy atom. The summed E-state index contributed by atoms with van der Waals surface area (Å²) in [6.07, 6.45) is 3.84. The lowest BCUT2D eigenvalue weighted by Gasteiger charge is -2.21. The molecule has 0 bridgehead atoms. The minimum absolute atomic E-state index is 0.0548. The summed E-state index contributed by atoms with van der Waals surface area (Å²) >= 11 is 0. The third-order valence-corrected chi connectivity index (χ3v) is 3.08. The maximum Gasteiger partial charge on any atom is 0.229 e. The van der Waals surface area contributed by atoms with Crippen LogP contribution in [0.1, 0.15) is 12.8 Å². The number of ether oxygens (including phenoxy) is 1. The van der Waals surface area contributed by atoms with Gasteiger partial charge in [-0.25, -0.2) is 0 Å². The van der Waals surface area contributed by atoms with Crippen molar-refractivity contribution in [1.29, 1.82) is 0 Å². The molecule has 1 atom stereocenters. The van der Waals surface area contributed by atoms with Crippen LogP contribution in [-0.2, 0) is 16.1 Å². The van der Waals surface area contributed by atoms with E-state index in [9.17, 15) is 4.79 Å². The molecule has 1 aliphatic rings. The molecule has 6 nitrogen and oxygen atoms in total. The quantitative estimate of drug-likeness (QED) is 0.799. The Balaban J connectivity index is 1.84. The zero-order chi connectivity index (χ0) is 12.8. The van der Waals surface area contributed by atoms with E-state index >= 15 is 0 Å². The average molecular weight is 252 g/mol. The third-order valence-electron chi connectivity index (χ3n) is 3.08. The monoisotopic (exact) mass is 252 g/mol. The standard InChI is InChI=1S/C12H20N4O2/c1-18-8-7-16-6-4-11(15-16)14-12(17)10-3-2-5-13-9-10/h4,6,10,13H,2-3,5,7-9H2,1H3,(H,14,15,17). The van der Waals surface area contributed by atoms with Gasteiger partial charge in [-0.15, -0.1) is 0 Å². The largest absolute Gasteiger partial charge is 0.383 e. The molecule has 0 spiro atoms. The van der Waals surface area contributed by atoms with Crippen molar-refractivity contribution >= 4 is 11.7 Å². The summed E-state index contributed by atoms with van der Waals surface area (Å²) in [5.74, 6) is 0.726. The van der Waals surface area contributed by atoms with Crippen molar-refractivity contribution in [2.24, 2.45) is 5.92 Å². The second-order valence-corrected chi connectivity index (χ2v) is 4.49. The fourth-order valence-electron chi connectivity index (χ4n) is 2.04. The number of amides is 1. The highest BCUT2D eigenvalue weighted by Gasteiger charge is 2.21. The lowest BCUT2D eigenvalue weighted by Crippen LogP contribution is -2.37. The molecular formula is C12H20N4O2. The summed E-state index contributed by atoms with van der Waals surface area (Å²) in [5, 5.41) is 10.4. The summed E-state index contributed by atoms with van der Waals surface area (Å²) in [6, 6.07) is 1.81. The van der Waals surface area contributed by atoms with Crippen LogP contribution >= 0.6 is 0 Å². The SMILES string of the molecule is COCCn1ccc(NC(=O)C2CCCNC2)n1. The van der Waals surface area contributed by atoms with Gasteiger partial charge < -0.3 is 15.4 Å². The molecule has 1 fully saturated rings. The van der Waals surface area contributed by atoms with E-state index in [-0.39, 0.29) is 11.8 Å². The first-order valence-electron chi connectivity index (χ1n) is 6.33. The van der Waals surface area contributed by atoms with Crippen LogP contribution in [0.4, 0.5) is 5.82 Å². The molecule has 1 aromatic heterocycles. The van der Waals surface area contributed by atoms with Crippen molar-refractivity contribution < 1.29 is 9.53 Å². The number of aromatic nitrogens is 2. The number of methoxy groups -OCH3 is 1. The Morgan fingerprint density at radius 1 is 1.72 bits per heavy atom. The van der Waals surface area contributed by atoms with Gasteiger partial charge in [0.1, 0.15) is 0 Å². The Hall–Kier alpha value is -1.40. The van der Waals surface area contributed by atoms with Crippen LogP contribution in [0.15, 0.2) is 12.3 Å². The molecule has 2 heterocycles. The highest BCUT2D eigenvalue weighted by molar-refractivity contribution is 5.91. The summed E-state index contributed by atoms with van der Waals surface area (Å²) in [7, 11) is 1.66. The predicted molar refractivity (Wildman–Crippen MR) is 68.3 cm³/mol. The fraction of sp³-hybridized carbons (Fsp3) is 0.667. The number of carbonyl (C=O) groups excluding carboxylic acids is 1. The first-order valence-corrected chi connectivity index (χ1v) is 6.33. The number of hydrogen-bond donors (Lipinski definition) is 2. The van der Waals surface area contributed by atoms with Crippen LogP contribution in [0.25, 0.3) is 0 Å². The molecule has 0 saturated carbocycles. The molecule has 2 rings (SSSR count). The maximum atomic E-state index is 12.0. The minimum atomic E-state index is 0.0548. The Kier molecular flexibility index (Phi) is 4.72. The molecule has 0 aromatic carbocycles. The zero-order valence-electron chi connectivity index (χ0n) is 10.7. The number of nitrogens with zero attached hydrogens (tertiary/aromatic N) is 2. The molecule has 18 heavy (non-hydrogen) atoms. The van der Waals surface area contributed by atoms with E-state index in [1.54, 1.807) is 11.8 Å². The van der Waals surface area contributed by atoms with E-state index < -0.39 is 0 Å². The van der Waals surface area contributed by atoms with Crippen LogP contribution in [-0.4, -0.2) is 42.5 Å². The topological polar surface area (TPSA) is 68.2 Å². The molecule has 6 heteroatoms. The number of nitrogens with one attached hydrogen (secondary N) is 2. The second kappa shape index (κ2) is 6.51. The molecule has 2 N–H and O–H groups in total. The van der Waals surface area contributed by atoms with Gasteiger partial charge in [-0.05, 0) is 19.4 Å². The third kappa shape index (κ3) is 3.54. The van der Waals surface area contributed by atoms with E-state index in [1.165, 1.54) is 0 Å². The van der Waals surface area contributed by atoms with Gasteiger partial charge in [0.25, 0.3) is 0 Å². The van der Waals surface area contributed by atoms with E-state index in [0.717, 1.165) is 25.9 Å². The molecule has 1 aliphatic heterocycles. The smallest absolute Gasteiger partial charge is 0.229 e. The Bertz CT molecular complexity index is 385. The van der Waals surface area contributed by atoms with Crippen molar-refractivity contribution in [1.82, 2.24) is 15.1 Å². The molecule has 0 radical (unpaired) electrons. The number of hydrogen-bond acceptors (Lipinski definition) is 4. The zero-order valence-corrected chi connectivity index (χ0v) is 10.7. The van der Waals surface area contributed by atoms with Gasteiger partial charge in [0.15, 0.2) is 5.82 Å². The van der Waals surface area contributed by atoms with Gasteiger partial charge in [0.05, 0.1) is 19.1 Å². The lowest BCUT2D eigenvalue weighted by molar-refractivity contribution is -0.120. The van der Waals surface area contributed by atoms with Crippen molar-refractivity contribution in [3.63, 3.8) is 0 Å². The van der Waals surface area contributed by atoms with Crippen molar-refractivity contribution in [2.45, 2.75) is 19.4 Å². The predicted octanol–water partition coefficient (Wildman–Crippen LogP) is 0.468. The van der Waals surface area contributed by atoms with E-state index in [4.69, 9.17) is 4.74 Å². The van der Waals surface area contributed by atoms with Crippen LogP contribution in [0.5, 0.6) is 0 Å². The van der Waals surface area contributed by atoms with Gasteiger partial charge in [-0.2, -0.15) is 5.10 Å². The van der Waals surface area contributed by atoms with Crippen LogP contribution in [0, 0.1) is 5.92 Å². The summed E-state index contributed by atoms with van der Waals surface area (Å²) < 4.78 is 6.74. The number of rotatable bonds is 5. The van der Waals surface area contributed by atoms with Crippen molar-refractivity contribution in [2.75, 3.05) is 32.1 Å². The molecule has 100 valence electrons. The summed E-state index contributed by atoms with van der Waals surface area (Å²) in [4.78, 5) is 12.0. The van der Waals surface area contributed by atoms with E-state index in [1.807, 2.05) is 12.3 Å². The normalized spacial score (nSPS) is 19.7. The molecule has 1 amide bonds. The van der Waals surface area contributed by atoms with Gasteiger partial charge >= 0.3 is 0 Å². The molecule has 1 unspecified atom stereocenters. The van der Waals surface area contributed by atoms with Gasteiger partial charge in [-0.3, -0.25) is 9.48 Å². The van der Waals surface area contributed by atoms with Gasteiger partial charge in [0, 0.05) is 25.9 Å². The van der Waals surface area contributed by atoms with E-state index in [2.05, 4.69) is 15.7 Å². The van der Waals surface area contributed by atoms with Gasteiger partial charge in [0.2, 0.25) is 5.91 Å². The first kappa shape index (κ1) is 13.0. The van der Waals surface area contributed by atoms with Crippen LogP contribution in [0.2, 0.25) is 0 Å². The Labute approximate surface area is 107 Å². The summed E-state index contributed by atoms with van der Waals surface area (Å²) in [5.41, 5.74) is 0. The highest BCUT2D eigenvalue weighted by atomic mass is 16.5. The molecular weight excluding hydrogens is 232 g/mol. The first-order chi connectivity index (χ1) is 8.79. The maximum absolute atomic E-state index is 12.0. The average Bonchev–Trinajstić information content (AvgIpc) is 2.85. The minimum Gasteiger partial charge on any atom is -0.383 e. The highest BCUT2D eigenvalue weighted by Crippen LogP contribution is 2.12. The molecule has 1 aromatic rings. The van der Waals surface area contributed by atoms with E-state index in [0.29, 0.717) is 19.0 Å². The number of carbonyl (C=O) groups is 1.